The highest BCUT2D eigenvalue weighted by atomic mass is 32.2. The molecule has 2 rings (SSSR count). The van der Waals surface area contributed by atoms with Crippen molar-refractivity contribution in [1.82, 2.24) is 20.2 Å². The van der Waals surface area contributed by atoms with Crippen LogP contribution in [-0.4, -0.2) is 46.5 Å². The molecule has 1 aromatic rings. The lowest BCUT2D eigenvalue weighted by Gasteiger charge is -2.14. The van der Waals surface area contributed by atoms with Crippen molar-refractivity contribution in [3.05, 3.63) is 11.4 Å². The molecule has 1 aliphatic heterocycles. The van der Waals surface area contributed by atoms with Crippen LogP contribution in [0.1, 0.15) is 31.2 Å². The quantitative estimate of drug-likeness (QED) is 0.769. The number of rotatable bonds is 6. The van der Waals surface area contributed by atoms with E-state index in [0.717, 1.165) is 42.5 Å². The highest BCUT2D eigenvalue weighted by Crippen LogP contribution is 2.24. The summed E-state index contributed by atoms with van der Waals surface area (Å²) in [5.41, 5.74) is 2.04. The Morgan fingerprint density at radius 2 is 2.22 bits per heavy atom. The van der Waals surface area contributed by atoms with Gasteiger partial charge in [0.25, 0.3) is 0 Å². The van der Waals surface area contributed by atoms with Crippen LogP contribution in [0.4, 0.5) is 4.79 Å². The molecule has 0 spiro atoms. The smallest absolute Gasteiger partial charge is 0.321 e. The Morgan fingerprint density at radius 1 is 1.43 bits per heavy atom. The summed E-state index contributed by atoms with van der Waals surface area (Å²) < 4.78 is 7.80. The summed E-state index contributed by atoms with van der Waals surface area (Å²) in [6.45, 7) is 7.83. The van der Waals surface area contributed by atoms with E-state index in [9.17, 15) is 9.59 Å². The SMILES string of the molecule is CCNC(=O)NC(=O)CSc1nc(C)c(C)n1CC1CCCO1. The standard InChI is InChI=1S/C15H24N4O3S/c1-4-16-14(21)18-13(20)9-23-15-17-10(2)11(3)19(15)8-12-6-5-7-22-12/h12H,4-9H2,1-3H3,(H2,16,18,20,21). The van der Waals surface area contributed by atoms with Crippen molar-refractivity contribution in [1.29, 1.82) is 0 Å². The van der Waals surface area contributed by atoms with Crippen molar-refractivity contribution in [3.8, 4) is 0 Å². The van der Waals surface area contributed by atoms with Crippen molar-refractivity contribution < 1.29 is 14.3 Å². The molecule has 1 aliphatic rings. The van der Waals surface area contributed by atoms with Crippen LogP contribution in [0.5, 0.6) is 0 Å². The molecule has 0 radical (unpaired) electrons. The third-order valence-corrected chi connectivity index (χ3v) is 4.73. The number of imidazole rings is 1. The number of urea groups is 1. The van der Waals surface area contributed by atoms with Gasteiger partial charge in [-0.15, -0.1) is 0 Å². The number of aryl methyl sites for hydroxylation is 1. The fourth-order valence-corrected chi connectivity index (χ4v) is 3.34. The van der Waals surface area contributed by atoms with Gasteiger partial charge < -0.3 is 14.6 Å². The Balaban J connectivity index is 1.95. The summed E-state index contributed by atoms with van der Waals surface area (Å²) in [6.07, 6.45) is 2.36. The van der Waals surface area contributed by atoms with Gasteiger partial charge >= 0.3 is 6.03 Å². The first-order valence-corrected chi connectivity index (χ1v) is 8.85. The van der Waals surface area contributed by atoms with Crippen molar-refractivity contribution in [3.63, 3.8) is 0 Å². The van der Waals surface area contributed by atoms with E-state index in [1.807, 2.05) is 13.8 Å². The fourth-order valence-electron chi connectivity index (χ4n) is 2.44. The summed E-state index contributed by atoms with van der Waals surface area (Å²) in [5, 5.41) is 5.62. The molecule has 1 unspecified atom stereocenters. The molecule has 0 saturated carbocycles. The molecule has 128 valence electrons. The third-order valence-electron chi connectivity index (χ3n) is 3.76. The Hall–Kier alpha value is -1.54. The number of thioether (sulfide) groups is 1. The molecule has 2 heterocycles. The van der Waals surface area contributed by atoms with E-state index in [1.165, 1.54) is 11.8 Å². The van der Waals surface area contributed by atoms with Gasteiger partial charge in [-0.2, -0.15) is 0 Å². The lowest BCUT2D eigenvalue weighted by molar-refractivity contribution is -0.117. The molecular formula is C15H24N4O3S. The number of nitrogens with one attached hydrogen (secondary N) is 2. The van der Waals surface area contributed by atoms with Crippen LogP contribution in [0, 0.1) is 13.8 Å². The van der Waals surface area contributed by atoms with Crippen LogP contribution in [0.2, 0.25) is 0 Å². The lowest BCUT2D eigenvalue weighted by atomic mass is 10.2. The second kappa shape index (κ2) is 8.35. The predicted molar refractivity (Wildman–Crippen MR) is 88.6 cm³/mol. The number of amides is 3. The van der Waals surface area contributed by atoms with Crippen LogP contribution >= 0.6 is 11.8 Å². The Bertz CT molecular complexity index is 567. The molecule has 3 amide bonds. The zero-order valence-corrected chi connectivity index (χ0v) is 14.7. The fraction of sp³-hybridized carbons (Fsp3) is 0.667. The second-order valence-electron chi connectivity index (χ2n) is 5.51. The van der Waals surface area contributed by atoms with Crippen LogP contribution < -0.4 is 10.6 Å². The van der Waals surface area contributed by atoms with Crippen LogP contribution in [0.3, 0.4) is 0 Å². The molecule has 0 aromatic carbocycles. The zero-order valence-electron chi connectivity index (χ0n) is 13.8. The maximum Gasteiger partial charge on any atom is 0.321 e. The predicted octanol–water partition coefficient (Wildman–Crippen LogP) is 1.62. The first-order chi connectivity index (χ1) is 11.0. The zero-order chi connectivity index (χ0) is 16.8. The summed E-state index contributed by atoms with van der Waals surface area (Å²) in [5.74, 6) is -0.179. The summed E-state index contributed by atoms with van der Waals surface area (Å²) >= 11 is 1.34. The van der Waals surface area contributed by atoms with Crippen LogP contribution in [0.25, 0.3) is 0 Å². The van der Waals surface area contributed by atoms with Crippen molar-refractivity contribution in [2.24, 2.45) is 0 Å². The summed E-state index contributed by atoms with van der Waals surface area (Å²) in [4.78, 5) is 27.7. The van der Waals surface area contributed by atoms with E-state index in [0.29, 0.717) is 6.54 Å². The Labute approximate surface area is 140 Å². The molecule has 1 fully saturated rings. The number of nitrogens with zero attached hydrogens (tertiary/aromatic N) is 2. The Morgan fingerprint density at radius 3 is 2.87 bits per heavy atom. The molecule has 0 bridgehead atoms. The summed E-state index contributed by atoms with van der Waals surface area (Å²) in [7, 11) is 0. The van der Waals surface area contributed by atoms with Crippen molar-refractivity contribution in [2.45, 2.75) is 51.4 Å². The van der Waals surface area contributed by atoms with E-state index in [4.69, 9.17) is 4.74 Å². The number of ether oxygens (including phenoxy) is 1. The van der Waals surface area contributed by atoms with Gasteiger partial charge in [-0.1, -0.05) is 11.8 Å². The topological polar surface area (TPSA) is 85.3 Å². The minimum atomic E-state index is -0.465. The minimum absolute atomic E-state index is 0.151. The normalized spacial score (nSPS) is 17.3. The average Bonchev–Trinajstić information content (AvgIpc) is 3.09. The van der Waals surface area contributed by atoms with Gasteiger partial charge in [0.2, 0.25) is 5.91 Å². The number of imide groups is 1. The molecule has 1 aromatic heterocycles. The van der Waals surface area contributed by atoms with Gasteiger partial charge in [0.1, 0.15) is 0 Å². The molecule has 8 heteroatoms. The molecule has 1 atom stereocenters. The maximum atomic E-state index is 11.8. The van der Waals surface area contributed by atoms with Gasteiger partial charge in [-0.25, -0.2) is 9.78 Å². The van der Waals surface area contributed by atoms with E-state index >= 15 is 0 Å². The van der Waals surface area contributed by atoms with Gasteiger partial charge in [-0.3, -0.25) is 10.1 Å². The van der Waals surface area contributed by atoms with Crippen LogP contribution in [0.15, 0.2) is 5.16 Å². The van der Waals surface area contributed by atoms with Crippen LogP contribution in [-0.2, 0) is 16.1 Å². The Kier molecular flexibility index (Phi) is 6.47. The molecule has 7 nitrogen and oxygen atoms in total. The maximum absolute atomic E-state index is 11.8. The number of aromatic nitrogens is 2. The number of hydrogen-bond donors (Lipinski definition) is 2. The van der Waals surface area contributed by atoms with E-state index in [1.54, 1.807) is 6.92 Å². The second-order valence-corrected chi connectivity index (χ2v) is 6.45. The van der Waals surface area contributed by atoms with Gasteiger partial charge in [0.05, 0.1) is 24.1 Å². The molecule has 0 aliphatic carbocycles. The lowest BCUT2D eigenvalue weighted by Crippen LogP contribution is -2.40. The first-order valence-electron chi connectivity index (χ1n) is 7.87. The van der Waals surface area contributed by atoms with E-state index in [2.05, 4.69) is 20.2 Å². The van der Waals surface area contributed by atoms with Gasteiger partial charge in [0.15, 0.2) is 5.16 Å². The van der Waals surface area contributed by atoms with Gasteiger partial charge in [0, 0.05) is 18.8 Å². The number of carbonyl (C=O) groups excluding carboxylic acids is 2. The highest BCUT2D eigenvalue weighted by molar-refractivity contribution is 7.99. The van der Waals surface area contributed by atoms with E-state index < -0.39 is 6.03 Å². The largest absolute Gasteiger partial charge is 0.376 e. The summed E-state index contributed by atoms with van der Waals surface area (Å²) in [6, 6.07) is -0.465. The van der Waals surface area contributed by atoms with Gasteiger partial charge in [-0.05, 0) is 33.6 Å². The third kappa shape index (κ3) is 4.97. The number of hydrogen-bond acceptors (Lipinski definition) is 5. The molecule has 2 N–H and O–H groups in total. The number of carbonyl (C=O) groups is 2. The van der Waals surface area contributed by atoms with E-state index in [-0.39, 0.29) is 17.8 Å². The molecular weight excluding hydrogens is 316 g/mol. The molecule has 23 heavy (non-hydrogen) atoms. The first kappa shape index (κ1) is 17.8. The average molecular weight is 340 g/mol. The van der Waals surface area contributed by atoms with Crippen molar-refractivity contribution in [2.75, 3.05) is 18.9 Å². The highest BCUT2D eigenvalue weighted by Gasteiger charge is 2.20. The minimum Gasteiger partial charge on any atom is -0.376 e. The van der Waals surface area contributed by atoms with Crippen molar-refractivity contribution >= 4 is 23.7 Å². The molecule has 1 saturated heterocycles. The monoisotopic (exact) mass is 340 g/mol.